The molecule has 2 aromatic rings. The second-order valence-electron chi connectivity index (χ2n) is 3.91. The lowest BCUT2D eigenvalue weighted by Gasteiger charge is -2.08. The fourth-order valence-corrected chi connectivity index (χ4v) is 1.70. The van der Waals surface area contributed by atoms with Crippen LogP contribution in [0.25, 0.3) is 11.1 Å². The van der Waals surface area contributed by atoms with Crippen molar-refractivity contribution >= 4 is 0 Å². The third kappa shape index (κ3) is 2.06. The highest BCUT2D eigenvalue weighted by molar-refractivity contribution is 5.65. The highest BCUT2D eigenvalue weighted by Gasteiger charge is 2.14. The van der Waals surface area contributed by atoms with Gasteiger partial charge in [0.05, 0.1) is 7.11 Å². The number of hydrogen-bond acceptors (Lipinski definition) is 1. The smallest absolute Gasteiger partial charge is 0.166 e. The van der Waals surface area contributed by atoms with Gasteiger partial charge in [-0.15, -0.1) is 0 Å². The van der Waals surface area contributed by atoms with Gasteiger partial charge in [0.15, 0.2) is 23.2 Å². The molecule has 0 unspecified atom stereocenters. The van der Waals surface area contributed by atoms with Gasteiger partial charge in [0.2, 0.25) is 0 Å². The zero-order valence-electron chi connectivity index (χ0n) is 9.93. The first kappa shape index (κ1) is 12.5. The molecule has 0 fully saturated rings. The van der Waals surface area contributed by atoms with Crippen LogP contribution in [0.4, 0.5) is 13.2 Å². The third-order valence-corrected chi connectivity index (χ3v) is 2.74. The predicted molar refractivity (Wildman–Crippen MR) is 63.0 cm³/mol. The van der Waals surface area contributed by atoms with Crippen molar-refractivity contribution in [1.82, 2.24) is 0 Å². The van der Waals surface area contributed by atoms with E-state index in [0.29, 0.717) is 0 Å². The number of hydrogen-bond donors (Lipinski definition) is 0. The predicted octanol–water partition coefficient (Wildman–Crippen LogP) is 4.09. The average molecular weight is 252 g/mol. The highest BCUT2D eigenvalue weighted by Crippen LogP contribution is 2.29. The van der Waals surface area contributed by atoms with Crippen LogP contribution < -0.4 is 4.74 Å². The van der Waals surface area contributed by atoms with Crippen molar-refractivity contribution in [3.8, 4) is 16.9 Å². The summed E-state index contributed by atoms with van der Waals surface area (Å²) < 4.78 is 45.4. The second-order valence-corrected chi connectivity index (χ2v) is 3.91. The Morgan fingerprint density at radius 1 is 0.944 bits per heavy atom. The quantitative estimate of drug-likeness (QED) is 0.782. The van der Waals surface area contributed by atoms with Gasteiger partial charge in [-0.25, -0.2) is 13.2 Å². The van der Waals surface area contributed by atoms with Crippen molar-refractivity contribution in [2.24, 2.45) is 0 Å². The zero-order valence-corrected chi connectivity index (χ0v) is 9.93. The molecule has 0 heterocycles. The van der Waals surface area contributed by atoms with Crippen molar-refractivity contribution in [3.05, 3.63) is 53.3 Å². The Labute approximate surface area is 103 Å². The number of ether oxygens (including phenoxy) is 1. The zero-order chi connectivity index (χ0) is 13.3. The molecule has 0 N–H and O–H groups in total. The first-order chi connectivity index (χ1) is 8.54. The summed E-state index contributed by atoms with van der Waals surface area (Å²) in [5.41, 5.74) is 0.509. The molecule has 0 radical (unpaired) electrons. The molecular formula is C14H11F3O. The Balaban J connectivity index is 2.56. The molecule has 0 aliphatic heterocycles. The van der Waals surface area contributed by atoms with E-state index in [0.717, 1.165) is 6.07 Å². The first-order valence-corrected chi connectivity index (χ1v) is 5.33. The van der Waals surface area contributed by atoms with Crippen molar-refractivity contribution in [1.29, 1.82) is 0 Å². The lowest BCUT2D eigenvalue weighted by Crippen LogP contribution is -1.94. The maximum absolute atomic E-state index is 13.7. The van der Waals surface area contributed by atoms with E-state index in [2.05, 4.69) is 0 Å². The van der Waals surface area contributed by atoms with Crippen LogP contribution >= 0.6 is 0 Å². The first-order valence-electron chi connectivity index (χ1n) is 5.33. The fourth-order valence-electron chi connectivity index (χ4n) is 1.70. The molecule has 0 bridgehead atoms. The van der Waals surface area contributed by atoms with Gasteiger partial charge in [0.1, 0.15) is 0 Å². The van der Waals surface area contributed by atoms with E-state index in [9.17, 15) is 13.2 Å². The van der Waals surface area contributed by atoms with Crippen molar-refractivity contribution in [3.63, 3.8) is 0 Å². The Morgan fingerprint density at radius 2 is 1.67 bits per heavy atom. The van der Waals surface area contributed by atoms with Crippen molar-refractivity contribution < 1.29 is 17.9 Å². The Morgan fingerprint density at radius 3 is 2.28 bits per heavy atom. The van der Waals surface area contributed by atoms with E-state index in [-0.39, 0.29) is 22.4 Å². The summed E-state index contributed by atoms with van der Waals surface area (Å²) in [6, 6.07) is 6.86. The Bertz CT molecular complexity index is 594. The summed E-state index contributed by atoms with van der Waals surface area (Å²) in [5, 5.41) is 0. The lowest BCUT2D eigenvalue weighted by atomic mass is 10.0. The van der Waals surface area contributed by atoms with Crippen LogP contribution in [0.3, 0.4) is 0 Å². The Hall–Kier alpha value is -1.97. The minimum atomic E-state index is -0.973. The molecule has 0 atom stereocenters. The summed E-state index contributed by atoms with van der Waals surface area (Å²) in [6.07, 6.45) is 0. The number of halogens is 3. The van der Waals surface area contributed by atoms with Crippen LogP contribution in [-0.4, -0.2) is 7.11 Å². The molecule has 2 rings (SSSR count). The van der Waals surface area contributed by atoms with Crippen molar-refractivity contribution in [2.45, 2.75) is 6.92 Å². The number of aryl methyl sites for hydroxylation is 1. The monoisotopic (exact) mass is 252 g/mol. The normalized spacial score (nSPS) is 10.5. The maximum Gasteiger partial charge on any atom is 0.166 e. The topological polar surface area (TPSA) is 9.23 Å². The van der Waals surface area contributed by atoms with E-state index in [1.54, 1.807) is 0 Å². The van der Waals surface area contributed by atoms with Gasteiger partial charge in [-0.3, -0.25) is 0 Å². The minimum Gasteiger partial charge on any atom is -0.494 e. The molecule has 0 spiro atoms. The summed E-state index contributed by atoms with van der Waals surface area (Å²) in [4.78, 5) is 0. The minimum absolute atomic E-state index is 0.0275. The molecule has 4 heteroatoms. The molecule has 0 saturated heterocycles. The molecule has 0 saturated carbocycles. The van der Waals surface area contributed by atoms with Gasteiger partial charge in [-0.05, 0) is 30.2 Å². The fraction of sp³-hybridized carbons (Fsp3) is 0.143. The van der Waals surface area contributed by atoms with Gasteiger partial charge >= 0.3 is 0 Å². The molecule has 0 amide bonds. The summed E-state index contributed by atoms with van der Waals surface area (Å²) in [6.45, 7) is 1.47. The highest BCUT2D eigenvalue weighted by atomic mass is 19.2. The van der Waals surface area contributed by atoms with Crippen LogP contribution in [0.1, 0.15) is 5.56 Å². The van der Waals surface area contributed by atoms with Gasteiger partial charge in [-0.2, -0.15) is 0 Å². The SMILES string of the molecule is COc1ccc(-c2ccc(C)c(F)c2F)cc1F. The average Bonchev–Trinajstić information content (AvgIpc) is 2.36. The molecule has 0 aliphatic carbocycles. The molecule has 0 aromatic heterocycles. The maximum atomic E-state index is 13.7. The van der Waals surface area contributed by atoms with Gasteiger partial charge in [-0.1, -0.05) is 18.2 Å². The second kappa shape index (κ2) is 4.72. The summed E-state index contributed by atoms with van der Waals surface area (Å²) in [7, 11) is 1.34. The lowest BCUT2D eigenvalue weighted by molar-refractivity contribution is 0.386. The van der Waals surface area contributed by atoms with Crippen molar-refractivity contribution in [2.75, 3.05) is 7.11 Å². The number of rotatable bonds is 2. The van der Waals surface area contributed by atoms with Gasteiger partial charge in [0.25, 0.3) is 0 Å². The van der Waals surface area contributed by atoms with E-state index in [1.165, 1.54) is 38.3 Å². The van der Waals surface area contributed by atoms with Crippen LogP contribution in [0, 0.1) is 24.4 Å². The number of benzene rings is 2. The third-order valence-electron chi connectivity index (χ3n) is 2.74. The summed E-state index contributed by atoms with van der Waals surface area (Å²) >= 11 is 0. The van der Waals surface area contributed by atoms with E-state index in [4.69, 9.17) is 4.74 Å². The van der Waals surface area contributed by atoms with E-state index < -0.39 is 17.5 Å². The van der Waals surface area contributed by atoms with Crippen LogP contribution in [-0.2, 0) is 0 Å². The van der Waals surface area contributed by atoms with E-state index in [1.807, 2.05) is 0 Å². The van der Waals surface area contributed by atoms with Crippen LogP contribution in [0.15, 0.2) is 30.3 Å². The standard InChI is InChI=1S/C14H11F3O/c1-8-3-5-10(14(17)13(8)16)9-4-6-12(18-2)11(15)7-9/h3-7H,1-2H3. The Kier molecular flexibility index (Phi) is 3.28. The van der Waals surface area contributed by atoms with Gasteiger partial charge < -0.3 is 4.74 Å². The number of methoxy groups -OCH3 is 1. The molecule has 2 aromatic carbocycles. The van der Waals surface area contributed by atoms with E-state index >= 15 is 0 Å². The van der Waals surface area contributed by atoms with Crippen LogP contribution in [0.5, 0.6) is 5.75 Å². The molecule has 18 heavy (non-hydrogen) atoms. The largest absolute Gasteiger partial charge is 0.494 e. The summed E-state index contributed by atoms with van der Waals surface area (Å²) in [5.74, 6) is -2.44. The molecule has 94 valence electrons. The molecular weight excluding hydrogens is 241 g/mol. The molecule has 1 nitrogen and oxygen atoms in total. The van der Waals surface area contributed by atoms with Crippen LogP contribution in [0.2, 0.25) is 0 Å². The molecule has 0 aliphatic rings. The van der Waals surface area contributed by atoms with Gasteiger partial charge in [0, 0.05) is 5.56 Å².